The molecule has 1 N–H and O–H groups in total. The molecule has 0 aromatic heterocycles. The number of carbonyl (C=O) groups is 4. The number of halogens is 1. The fraction of sp³-hybridized carbons (Fsp3) is 0.241. The molecular weight excluding hydrogens is 476 g/mol. The van der Waals surface area contributed by atoms with E-state index in [1.807, 2.05) is 29.2 Å². The second kappa shape index (κ2) is 7.21. The van der Waals surface area contributed by atoms with Crippen LogP contribution in [0.25, 0.3) is 0 Å². The van der Waals surface area contributed by atoms with E-state index in [1.54, 1.807) is 48.5 Å². The van der Waals surface area contributed by atoms with Gasteiger partial charge in [-0.15, -0.1) is 0 Å². The standard InChI is InChI=1S/C29H21ClN2O4/c30-17-13-11-16(12-14-17)23(33)24-28(20-8-3-4-9-21(20)31-27(28)36)22-10-5-15-32(22)29(24)25(34)18-6-1-2-7-19(18)26(29)35/h1-4,6-9,11-14,22,24H,5,10,15H2,(H,31,36)/t22-,24-,28+/m0/s1. The Morgan fingerprint density at radius 3 is 2.22 bits per heavy atom. The number of anilines is 1. The van der Waals surface area contributed by atoms with Crippen LogP contribution in [0.4, 0.5) is 5.69 Å². The summed E-state index contributed by atoms with van der Waals surface area (Å²) in [4.78, 5) is 59.3. The lowest BCUT2D eigenvalue weighted by Crippen LogP contribution is -2.60. The van der Waals surface area contributed by atoms with Crippen molar-refractivity contribution in [3.05, 3.63) is 100 Å². The van der Waals surface area contributed by atoms with Crippen LogP contribution < -0.4 is 5.32 Å². The summed E-state index contributed by atoms with van der Waals surface area (Å²) in [5, 5.41) is 3.45. The fourth-order valence-electron chi connectivity index (χ4n) is 7.36. The molecular formula is C29H21ClN2O4. The van der Waals surface area contributed by atoms with E-state index in [0.717, 1.165) is 6.42 Å². The molecule has 1 aliphatic carbocycles. The summed E-state index contributed by atoms with van der Waals surface area (Å²) in [7, 11) is 0. The Morgan fingerprint density at radius 2 is 1.53 bits per heavy atom. The number of fused-ring (bicyclic) bond motifs is 6. The molecule has 7 heteroatoms. The number of rotatable bonds is 2. The number of hydrogen-bond donors (Lipinski definition) is 1. The maximum atomic E-state index is 14.6. The molecule has 3 aromatic rings. The molecule has 1 amide bonds. The summed E-state index contributed by atoms with van der Waals surface area (Å²) < 4.78 is 0. The number of benzene rings is 3. The smallest absolute Gasteiger partial charge is 0.237 e. The molecule has 0 bridgehead atoms. The van der Waals surface area contributed by atoms with E-state index in [0.29, 0.717) is 45.9 Å². The molecule has 7 rings (SSSR count). The van der Waals surface area contributed by atoms with E-state index in [2.05, 4.69) is 5.32 Å². The van der Waals surface area contributed by atoms with Crippen molar-refractivity contribution in [2.45, 2.75) is 29.8 Å². The number of nitrogens with zero attached hydrogens (tertiary/aromatic N) is 1. The first-order chi connectivity index (χ1) is 17.4. The molecule has 6 nitrogen and oxygen atoms in total. The lowest BCUT2D eigenvalue weighted by atomic mass is 9.60. The van der Waals surface area contributed by atoms with Gasteiger partial charge in [0, 0.05) is 33.4 Å². The van der Waals surface area contributed by atoms with Crippen molar-refractivity contribution in [3.63, 3.8) is 0 Å². The number of hydrogen-bond acceptors (Lipinski definition) is 5. The molecule has 2 saturated heterocycles. The predicted octanol–water partition coefficient (Wildman–Crippen LogP) is 4.33. The van der Waals surface area contributed by atoms with E-state index in [-0.39, 0.29) is 5.91 Å². The van der Waals surface area contributed by atoms with E-state index in [4.69, 9.17) is 11.6 Å². The molecule has 3 aromatic carbocycles. The summed E-state index contributed by atoms with van der Waals surface area (Å²) in [5.74, 6) is -2.75. The van der Waals surface area contributed by atoms with Gasteiger partial charge >= 0.3 is 0 Å². The number of ketones is 3. The summed E-state index contributed by atoms with van der Waals surface area (Å²) in [5.41, 5.74) is -0.925. The molecule has 3 heterocycles. The van der Waals surface area contributed by atoms with Gasteiger partial charge in [-0.3, -0.25) is 24.1 Å². The predicted molar refractivity (Wildman–Crippen MR) is 134 cm³/mol. The second-order valence-corrected chi connectivity index (χ2v) is 10.4. The highest BCUT2D eigenvalue weighted by Crippen LogP contribution is 2.63. The summed E-state index contributed by atoms with van der Waals surface area (Å²) in [6.45, 7) is 0.456. The molecule has 2 spiro atoms. The first kappa shape index (κ1) is 21.7. The van der Waals surface area contributed by atoms with Crippen LogP contribution in [0.15, 0.2) is 72.8 Å². The van der Waals surface area contributed by atoms with Crippen molar-refractivity contribution in [1.29, 1.82) is 0 Å². The SMILES string of the molecule is O=C(c1ccc(Cl)cc1)[C@@H]1C2(C(=O)c3ccccc3C2=O)N2CCC[C@H]2[C@@]12C(=O)Nc1ccccc12. The van der Waals surface area contributed by atoms with Crippen LogP contribution in [0.2, 0.25) is 5.02 Å². The highest BCUT2D eigenvalue weighted by molar-refractivity contribution is 6.36. The van der Waals surface area contributed by atoms with Gasteiger partial charge in [0.2, 0.25) is 5.91 Å². The third kappa shape index (κ3) is 2.32. The van der Waals surface area contributed by atoms with Crippen LogP contribution in [0.1, 0.15) is 49.5 Å². The molecule has 2 fully saturated rings. The van der Waals surface area contributed by atoms with E-state index < -0.39 is 40.3 Å². The number of para-hydroxylation sites is 1. The number of nitrogens with one attached hydrogen (secondary N) is 1. The normalized spacial score (nSPS) is 27.4. The van der Waals surface area contributed by atoms with Gasteiger partial charge in [-0.2, -0.15) is 0 Å². The van der Waals surface area contributed by atoms with Crippen molar-refractivity contribution in [2.75, 3.05) is 11.9 Å². The van der Waals surface area contributed by atoms with Crippen LogP contribution in [0.3, 0.4) is 0 Å². The number of amides is 1. The molecule has 4 aliphatic rings. The molecule has 178 valence electrons. The summed E-state index contributed by atoms with van der Waals surface area (Å²) >= 11 is 6.10. The van der Waals surface area contributed by atoms with Gasteiger partial charge in [0.25, 0.3) is 0 Å². The largest absolute Gasteiger partial charge is 0.325 e. The first-order valence-corrected chi connectivity index (χ1v) is 12.5. The van der Waals surface area contributed by atoms with Crippen LogP contribution in [-0.2, 0) is 10.2 Å². The molecule has 0 radical (unpaired) electrons. The molecule has 36 heavy (non-hydrogen) atoms. The van der Waals surface area contributed by atoms with Gasteiger partial charge in [0.15, 0.2) is 22.9 Å². The molecule has 3 aliphatic heterocycles. The van der Waals surface area contributed by atoms with Gasteiger partial charge in [-0.05, 0) is 55.3 Å². The van der Waals surface area contributed by atoms with Crippen LogP contribution in [0, 0.1) is 5.92 Å². The zero-order chi connectivity index (χ0) is 24.8. The van der Waals surface area contributed by atoms with Crippen molar-refractivity contribution in [3.8, 4) is 0 Å². The Balaban J connectivity index is 1.57. The summed E-state index contributed by atoms with van der Waals surface area (Å²) in [6, 6.07) is 20.0. The zero-order valence-electron chi connectivity index (χ0n) is 19.2. The minimum atomic E-state index is -1.78. The van der Waals surface area contributed by atoms with E-state index >= 15 is 0 Å². The van der Waals surface area contributed by atoms with Gasteiger partial charge in [-0.25, -0.2) is 0 Å². The lowest BCUT2D eigenvalue weighted by molar-refractivity contribution is -0.122. The van der Waals surface area contributed by atoms with Gasteiger partial charge in [0.05, 0.1) is 5.92 Å². The number of Topliss-reactive ketones (excluding diaryl/α,β-unsaturated/α-hetero) is 3. The van der Waals surface area contributed by atoms with E-state index in [1.165, 1.54) is 0 Å². The monoisotopic (exact) mass is 496 g/mol. The Labute approximate surface area is 212 Å². The second-order valence-electron chi connectivity index (χ2n) is 9.99. The van der Waals surface area contributed by atoms with Crippen LogP contribution in [0.5, 0.6) is 0 Å². The third-order valence-electron chi connectivity index (χ3n) is 8.60. The summed E-state index contributed by atoms with van der Waals surface area (Å²) in [6.07, 6.45) is 1.33. The third-order valence-corrected chi connectivity index (χ3v) is 8.85. The zero-order valence-corrected chi connectivity index (χ0v) is 19.9. The lowest BCUT2D eigenvalue weighted by Gasteiger charge is -2.37. The van der Waals surface area contributed by atoms with E-state index in [9.17, 15) is 19.2 Å². The Kier molecular flexibility index (Phi) is 4.34. The molecule has 0 unspecified atom stereocenters. The molecule has 3 atom stereocenters. The van der Waals surface area contributed by atoms with Crippen LogP contribution >= 0.6 is 11.6 Å². The Bertz CT molecular complexity index is 1480. The van der Waals surface area contributed by atoms with Crippen molar-refractivity contribution in [2.24, 2.45) is 5.92 Å². The van der Waals surface area contributed by atoms with Crippen molar-refractivity contribution in [1.82, 2.24) is 4.90 Å². The highest BCUT2D eigenvalue weighted by atomic mass is 35.5. The minimum Gasteiger partial charge on any atom is -0.325 e. The quantitative estimate of drug-likeness (QED) is 0.422. The maximum absolute atomic E-state index is 14.6. The van der Waals surface area contributed by atoms with Gasteiger partial charge in [0.1, 0.15) is 5.41 Å². The average molecular weight is 497 g/mol. The van der Waals surface area contributed by atoms with Crippen molar-refractivity contribution >= 4 is 40.5 Å². The minimum absolute atomic E-state index is 0.311. The van der Waals surface area contributed by atoms with Crippen LogP contribution in [-0.4, -0.2) is 46.3 Å². The van der Waals surface area contributed by atoms with Gasteiger partial charge in [-0.1, -0.05) is 54.1 Å². The highest BCUT2D eigenvalue weighted by Gasteiger charge is 2.80. The average Bonchev–Trinajstić information content (AvgIpc) is 3.60. The molecule has 0 saturated carbocycles. The first-order valence-electron chi connectivity index (χ1n) is 12.1. The Hall–Kier alpha value is -3.61. The van der Waals surface area contributed by atoms with Crippen molar-refractivity contribution < 1.29 is 19.2 Å². The number of carbonyl (C=O) groups excluding carboxylic acids is 4. The fourth-order valence-corrected chi connectivity index (χ4v) is 7.49. The van der Waals surface area contributed by atoms with Gasteiger partial charge < -0.3 is 5.32 Å². The topological polar surface area (TPSA) is 83.6 Å². The Morgan fingerprint density at radius 1 is 0.889 bits per heavy atom. The maximum Gasteiger partial charge on any atom is 0.237 e.